The van der Waals surface area contributed by atoms with Crippen molar-refractivity contribution in [2.45, 2.75) is 10.3 Å². The zero-order valence-corrected chi connectivity index (χ0v) is 21.5. The molecule has 10 heteroatoms. The standard InChI is InChI=1S/C26H18Cl4F2N2O2/c1-14(31)19-8-2-15(10-22(19)28)23-25(13-35,26(23,29)30)12-33-18-7-9-21(27)20(11-18)24(36)34-17-5-3-16(32)4-6-17/h2-11,13,23,33H,1,12H2,(H,34,36). The maximum Gasteiger partial charge on any atom is 0.257 e. The number of rotatable bonds is 8. The summed E-state index contributed by atoms with van der Waals surface area (Å²) >= 11 is 25.5. The summed E-state index contributed by atoms with van der Waals surface area (Å²) in [4.78, 5) is 24.9. The minimum Gasteiger partial charge on any atom is -0.384 e. The Hall–Kier alpha value is -2.64. The van der Waals surface area contributed by atoms with Gasteiger partial charge >= 0.3 is 0 Å². The van der Waals surface area contributed by atoms with Gasteiger partial charge < -0.3 is 15.4 Å². The molecule has 4 rings (SSSR count). The molecule has 2 atom stereocenters. The largest absolute Gasteiger partial charge is 0.384 e. The molecular weight excluding hydrogens is 552 g/mol. The number of benzene rings is 3. The molecule has 3 aromatic carbocycles. The van der Waals surface area contributed by atoms with Crippen LogP contribution in [0.15, 0.2) is 67.2 Å². The molecule has 0 aromatic heterocycles. The summed E-state index contributed by atoms with van der Waals surface area (Å²) in [6, 6.07) is 14.5. The lowest BCUT2D eigenvalue weighted by Gasteiger charge is -2.15. The third kappa shape index (κ3) is 4.83. The molecule has 1 amide bonds. The molecule has 0 spiro atoms. The zero-order chi connectivity index (χ0) is 26.3. The SMILES string of the molecule is C=C(F)c1ccc(C2C(Cl)(Cl)C2(C=O)CNc2ccc(Cl)c(C(=O)Nc3ccc(F)cc3)c2)cc1Cl. The van der Waals surface area contributed by atoms with Crippen molar-refractivity contribution in [1.29, 1.82) is 0 Å². The first-order chi connectivity index (χ1) is 17.0. The van der Waals surface area contributed by atoms with Gasteiger partial charge in [-0.15, -0.1) is 0 Å². The van der Waals surface area contributed by atoms with E-state index in [-0.39, 0.29) is 27.7 Å². The number of hydrogen-bond acceptors (Lipinski definition) is 3. The minimum absolute atomic E-state index is 0.0318. The molecule has 1 aliphatic carbocycles. The fraction of sp³-hybridized carbons (Fsp3) is 0.154. The highest BCUT2D eigenvalue weighted by atomic mass is 35.5. The number of carbonyl (C=O) groups is 2. The van der Waals surface area contributed by atoms with Crippen LogP contribution >= 0.6 is 46.4 Å². The lowest BCUT2D eigenvalue weighted by Crippen LogP contribution is -2.23. The van der Waals surface area contributed by atoms with Crippen LogP contribution in [0.5, 0.6) is 0 Å². The Kier molecular flexibility index (Phi) is 7.35. The van der Waals surface area contributed by atoms with Crippen molar-refractivity contribution in [2.24, 2.45) is 5.41 Å². The average Bonchev–Trinajstić information content (AvgIpc) is 3.34. The predicted octanol–water partition coefficient (Wildman–Crippen LogP) is 7.89. The third-order valence-corrected chi connectivity index (χ3v) is 7.92. The Morgan fingerprint density at radius 1 is 0.972 bits per heavy atom. The molecule has 2 N–H and O–H groups in total. The van der Waals surface area contributed by atoms with Crippen LogP contribution < -0.4 is 10.6 Å². The van der Waals surface area contributed by atoms with Gasteiger partial charge in [0.05, 0.1) is 21.0 Å². The Balaban J connectivity index is 1.53. The van der Waals surface area contributed by atoms with Crippen LogP contribution in [0.4, 0.5) is 20.2 Å². The van der Waals surface area contributed by atoms with Crippen molar-refractivity contribution in [2.75, 3.05) is 17.2 Å². The molecule has 3 aromatic rings. The highest BCUT2D eigenvalue weighted by Gasteiger charge is 2.76. The van der Waals surface area contributed by atoms with Crippen LogP contribution in [0.25, 0.3) is 5.83 Å². The van der Waals surface area contributed by atoms with E-state index in [1.807, 2.05) is 0 Å². The van der Waals surface area contributed by atoms with Crippen molar-refractivity contribution in [3.63, 3.8) is 0 Å². The fourth-order valence-electron chi connectivity index (χ4n) is 4.11. The number of hydrogen-bond donors (Lipinski definition) is 2. The molecule has 36 heavy (non-hydrogen) atoms. The van der Waals surface area contributed by atoms with E-state index in [0.717, 1.165) is 0 Å². The molecule has 0 heterocycles. The molecule has 1 saturated carbocycles. The molecule has 0 saturated heterocycles. The van der Waals surface area contributed by atoms with Gasteiger partial charge in [-0.2, -0.15) is 0 Å². The van der Waals surface area contributed by atoms with Gasteiger partial charge in [-0.1, -0.05) is 65.1 Å². The predicted molar refractivity (Wildman–Crippen MR) is 142 cm³/mol. The summed E-state index contributed by atoms with van der Waals surface area (Å²) < 4.78 is 25.2. The Labute approximate surface area is 226 Å². The lowest BCUT2D eigenvalue weighted by molar-refractivity contribution is -0.112. The topological polar surface area (TPSA) is 58.2 Å². The molecule has 0 aliphatic heterocycles. The summed E-state index contributed by atoms with van der Waals surface area (Å²) in [5, 5.41) is 6.06. The molecule has 1 fully saturated rings. The Bertz CT molecular complexity index is 1360. The number of amides is 1. The summed E-state index contributed by atoms with van der Waals surface area (Å²) in [7, 11) is 0. The van der Waals surface area contributed by atoms with Crippen molar-refractivity contribution in [1.82, 2.24) is 0 Å². The van der Waals surface area contributed by atoms with Gasteiger partial charge in [0.1, 0.15) is 22.3 Å². The summed E-state index contributed by atoms with van der Waals surface area (Å²) in [5.74, 6) is -2.24. The van der Waals surface area contributed by atoms with Crippen molar-refractivity contribution in [3.05, 3.63) is 99.8 Å². The first-order valence-electron chi connectivity index (χ1n) is 10.6. The molecule has 4 nitrogen and oxygen atoms in total. The number of aldehydes is 1. The van der Waals surface area contributed by atoms with E-state index in [1.54, 1.807) is 12.1 Å². The van der Waals surface area contributed by atoms with Crippen LogP contribution in [0, 0.1) is 11.2 Å². The first kappa shape index (κ1) is 26.4. The zero-order valence-electron chi connectivity index (χ0n) is 18.4. The molecular formula is C26H18Cl4F2N2O2. The van der Waals surface area contributed by atoms with Crippen molar-refractivity contribution < 1.29 is 18.4 Å². The highest BCUT2D eigenvalue weighted by Crippen LogP contribution is 2.73. The number of nitrogens with one attached hydrogen (secondary N) is 2. The molecule has 0 radical (unpaired) electrons. The second kappa shape index (κ2) is 10.0. The van der Waals surface area contributed by atoms with Crippen LogP contribution in [-0.4, -0.2) is 23.1 Å². The van der Waals surface area contributed by atoms with Gasteiger partial charge in [0.25, 0.3) is 5.91 Å². The quantitative estimate of drug-likeness (QED) is 0.214. The van der Waals surface area contributed by atoms with Crippen LogP contribution in [0.2, 0.25) is 10.0 Å². The van der Waals surface area contributed by atoms with E-state index >= 15 is 0 Å². The summed E-state index contributed by atoms with van der Waals surface area (Å²) in [5.41, 5.74) is 0.533. The van der Waals surface area contributed by atoms with E-state index in [9.17, 15) is 18.4 Å². The summed E-state index contributed by atoms with van der Waals surface area (Å²) in [6.07, 6.45) is 0.679. The maximum absolute atomic E-state index is 13.5. The number of anilines is 2. The van der Waals surface area contributed by atoms with Gasteiger partial charge in [0.15, 0.2) is 0 Å². The number of alkyl halides is 2. The van der Waals surface area contributed by atoms with E-state index < -0.39 is 33.2 Å². The molecule has 0 bridgehead atoms. The van der Waals surface area contributed by atoms with Crippen molar-refractivity contribution >= 4 is 75.8 Å². The van der Waals surface area contributed by atoms with E-state index in [4.69, 9.17) is 46.4 Å². The van der Waals surface area contributed by atoms with Crippen LogP contribution in [0.1, 0.15) is 27.4 Å². The molecule has 2 unspecified atom stereocenters. The lowest BCUT2D eigenvalue weighted by atomic mass is 9.99. The number of halogens is 6. The average molecular weight is 570 g/mol. The third-order valence-electron chi connectivity index (χ3n) is 6.14. The molecule has 1 aliphatic rings. The Morgan fingerprint density at radius 2 is 1.64 bits per heavy atom. The van der Waals surface area contributed by atoms with Gasteiger partial charge in [-0.05, 0) is 54.1 Å². The second-order valence-corrected chi connectivity index (χ2v) is 10.6. The molecule has 186 valence electrons. The summed E-state index contributed by atoms with van der Waals surface area (Å²) in [6.45, 7) is 3.27. The fourth-order valence-corrected chi connectivity index (χ4v) is 5.58. The smallest absolute Gasteiger partial charge is 0.257 e. The maximum atomic E-state index is 13.5. The van der Waals surface area contributed by atoms with E-state index in [2.05, 4.69) is 17.2 Å². The van der Waals surface area contributed by atoms with Gasteiger partial charge in [-0.3, -0.25) is 4.79 Å². The van der Waals surface area contributed by atoms with Gasteiger partial charge in [-0.25, -0.2) is 8.78 Å². The minimum atomic E-state index is -1.45. The van der Waals surface area contributed by atoms with Crippen LogP contribution in [-0.2, 0) is 4.79 Å². The Morgan fingerprint density at radius 3 is 2.25 bits per heavy atom. The van der Waals surface area contributed by atoms with Gasteiger partial charge in [0, 0.05) is 29.4 Å². The van der Waals surface area contributed by atoms with Gasteiger partial charge in [0.2, 0.25) is 0 Å². The second-order valence-electron chi connectivity index (χ2n) is 8.37. The monoisotopic (exact) mass is 568 g/mol. The normalized spacial score (nSPS) is 19.9. The van der Waals surface area contributed by atoms with E-state index in [0.29, 0.717) is 23.2 Å². The number of carbonyl (C=O) groups excluding carboxylic acids is 2. The van der Waals surface area contributed by atoms with Crippen molar-refractivity contribution in [3.8, 4) is 0 Å². The van der Waals surface area contributed by atoms with Crippen LogP contribution in [0.3, 0.4) is 0 Å². The van der Waals surface area contributed by atoms with E-state index in [1.165, 1.54) is 48.5 Å². The highest BCUT2D eigenvalue weighted by molar-refractivity contribution is 6.54. The first-order valence-corrected chi connectivity index (χ1v) is 12.1.